The molecular formula is C17H14Cl2FN3O2S. The Hall–Kier alpha value is -2.09. The van der Waals surface area contributed by atoms with Gasteiger partial charge in [-0.05, 0) is 56.3 Å². The largest absolute Gasteiger partial charge is 0.279 e. The summed E-state index contributed by atoms with van der Waals surface area (Å²) in [5, 5.41) is 4.71. The van der Waals surface area contributed by atoms with E-state index in [0.717, 1.165) is 6.07 Å². The van der Waals surface area contributed by atoms with Gasteiger partial charge in [0.2, 0.25) is 0 Å². The Morgan fingerprint density at radius 3 is 2.35 bits per heavy atom. The van der Waals surface area contributed by atoms with Gasteiger partial charge in [0.1, 0.15) is 10.7 Å². The Kier molecular flexibility index (Phi) is 4.96. The third-order valence-corrected chi connectivity index (χ3v) is 5.91. The van der Waals surface area contributed by atoms with Crippen LogP contribution in [0.5, 0.6) is 0 Å². The number of rotatable bonds is 4. The molecule has 3 aromatic rings. The number of hydrogen-bond donors (Lipinski definition) is 1. The molecule has 0 saturated carbocycles. The predicted octanol–water partition coefficient (Wildman–Crippen LogP) is 4.74. The van der Waals surface area contributed by atoms with Crippen molar-refractivity contribution in [2.45, 2.75) is 18.7 Å². The first-order valence-electron chi connectivity index (χ1n) is 7.49. The fourth-order valence-electron chi connectivity index (χ4n) is 2.62. The smallest absolute Gasteiger partial charge is 0.265 e. The van der Waals surface area contributed by atoms with Crippen LogP contribution >= 0.6 is 23.2 Å². The number of sulfonamides is 1. The molecular weight excluding hydrogens is 400 g/mol. The molecule has 0 aliphatic rings. The van der Waals surface area contributed by atoms with Crippen molar-refractivity contribution in [3.63, 3.8) is 0 Å². The lowest BCUT2D eigenvalue weighted by Gasteiger charge is -2.10. The number of anilines is 1. The van der Waals surface area contributed by atoms with Crippen LogP contribution in [-0.4, -0.2) is 18.2 Å². The number of nitrogens with one attached hydrogen (secondary N) is 1. The number of aromatic nitrogens is 2. The molecule has 0 bridgehead atoms. The fraction of sp³-hybridized carbons (Fsp3) is 0.118. The van der Waals surface area contributed by atoms with Gasteiger partial charge in [-0.1, -0.05) is 23.2 Å². The van der Waals surface area contributed by atoms with E-state index in [0.29, 0.717) is 22.1 Å². The van der Waals surface area contributed by atoms with Crippen molar-refractivity contribution < 1.29 is 12.8 Å². The van der Waals surface area contributed by atoms with Crippen LogP contribution in [0.4, 0.5) is 10.1 Å². The van der Waals surface area contributed by atoms with Crippen LogP contribution in [0.3, 0.4) is 0 Å². The van der Waals surface area contributed by atoms with Crippen LogP contribution in [-0.2, 0) is 10.0 Å². The molecule has 5 nitrogen and oxygen atoms in total. The summed E-state index contributed by atoms with van der Waals surface area (Å²) >= 11 is 11.6. The molecule has 9 heteroatoms. The summed E-state index contributed by atoms with van der Waals surface area (Å²) in [6, 6.07) is 10.5. The van der Waals surface area contributed by atoms with Gasteiger partial charge < -0.3 is 0 Å². The normalized spacial score (nSPS) is 11.6. The van der Waals surface area contributed by atoms with Crippen LogP contribution in [0.2, 0.25) is 10.0 Å². The summed E-state index contributed by atoms with van der Waals surface area (Å²) in [6.07, 6.45) is 0. The molecule has 0 atom stereocenters. The van der Waals surface area contributed by atoms with Gasteiger partial charge in [-0.3, -0.25) is 4.72 Å². The van der Waals surface area contributed by atoms with E-state index in [2.05, 4.69) is 9.82 Å². The second-order valence-corrected chi connectivity index (χ2v) is 8.09. The van der Waals surface area contributed by atoms with Crippen molar-refractivity contribution in [2.75, 3.05) is 4.72 Å². The van der Waals surface area contributed by atoms with Crippen LogP contribution < -0.4 is 4.72 Å². The highest BCUT2D eigenvalue weighted by molar-refractivity contribution is 7.92. The molecule has 0 fully saturated rings. The summed E-state index contributed by atoms with van der Waals surface area (Å²) in [5.74, 6) is -0.627. The van der Waals surface area contributed by atoms with Crippen molar-refractivity contribution in [3.05, 3.63) is 69.7 Å². The van der Waals surface area contributed by atoms with E-state index in [9.17, 15) is 12.8 Å². The Balaban J connectivity index is 2.02. The van der Waals surface area contributed by atoms with Gasteiger partial charge in [0.05, 0.1) is 27.8 Å². The second-order valence-electron chi connectivity index (χ2n) is 5.62. The molecule has 1 aromatic heterocycles. The van der Waals surface area contributed by atoms with Gasteiger partial charge in [0.15, 0.2) is 0 Å². The minimum absolute atomic E-state index is 0.0490. The minimum atomic E-state index is -3.94. The molecule has 136 valence electrons. The maximum Gasteiger partial charge on any atom is 0.265 e. The Morgan fingerprint density at radius 1 is 1.08 bits per heavy atom. The second kappa shape index (κ2) is 6.90. The molecule has 0 aliphatic heterocycles. The maximum absolute atomic E-state index is 13.3. The van der Waals surface area contributed by atoms with Crippen LogP contribution in [0, 0.1) is 19.7 Å². The molecule has 0 amide bonds. The van der Waals surface area contributed by atoms with Gasteiger partial charge in [0.25, 0.3) is 10.0 Å². The molecule has 0 unspecified atom stereocenters. The molecule has 0 radical (unpaired) electrons. The summed E-state index contributed by atoms with van der Waals surface area (Å²) in [7, 11) is -3.94. The van der Waals surface area contributed by atoms with Crippen molar-refractivity contribution in [1.29, 1.82) is 0 Å². The molecule has 0 aliphatic carbocycles. The number of aryl methyl sites for hydroxylation is 1. The SMILES string of the molecule is Cc1nn(-c2ccc(Cl)cc2)c(C)c1S(=O)(=O)Nc1ccc(F)c(Cl)c1. The summed E-state index contributed by atoms with van der Waals surface area (Å²) < 4.78 is 42.8. The highest BCUT2D eigenvalue weighted by atomic mass is 35.5. The van der Waals surface area contributed by atoms with Crippen molar-refractivity contribution >= 4 is 38.9 Å². The maximum atomic E-state index is 13.3. The molecule has 0 spiro atoms. The Bertz CT molecular complexity index is 1080. The summed E-state index contributed by atoms with van der Waals surface area (Å²) in [6.45, 7) is 3.26. The number of nitrogens with zero attached hydrogens (tertiary/aromatic N) is 2. The van der Waals surface area contributed by atoms with E-state index in [1.807, 2.05) is 0 Å². The van der Waals surface area contributed by atoms with E-state index in [-0.39, 0.29) is 15.6 Å². The van der Waals surface area contributed by atoms with Crippen molar-refractivity contribution in [1.82, 2.24) is 9.78 Å². The molecule has 0 saturated heterocycles. The van der Waals surface area contributed by atoms with E-state index in [1.54, 1.807) is 38.1 Å². The average Bonchev–Trinajstić information content (AvgIpc) is 2.87. The lowest BCUT2D eigenvalue weighted by atomic mass is 10.3. The van der Waals surface area contributed by atoms with Gasteiger partial charge in [-0.15, -0.1) is 0 Å². The number of halogens is 3. The van der Waals surface area contributed by atoms with Crippen LogP contribution in [0.15, 0.2) is 47.4 Å². The summed E-state index contributed by atoms with van der Waals surface area (Å²) in [4.78, 5) is 0.0490. The standard InChI is InChI=1S/C17H14Cl2FN3O2S/c1-10-17(11(2)23(21-10)14-6-3-12(18)4-7-14)26(24,25)22-13-5-8-16(20)15(19)9-13/h3-9,22H,1-2H3. The van der Waals surface area contributed by atoms with Gasteiger partial charge in [-0.25, -0.2) is 17.5 Å². The first kappa shape index (κ1) is 18.7. The first-order valence-corrected chi connectivity index (χ1v) is 9.73. The predicted molar refractivity (Wildman–Crippen MR) is 100 cm³/mol. The third-order valence-electron chi connectivity index (χ3n) is 3.74. The lowest BCUT2D eigenvalue weighted by Crippen LogP contribution is -2.15. The molecule has 2 aromatic carbocycles. The van der Waals surface area contributed by atoms with E-state index < -0.39 is 15.8 Å². The van der Waals surface area contributed by atoms with Crippen LogP contribution in [0.25, 0.3) is 5.69 Å². The first-order chi connectivity index (χ1) is 12.2. The van der Waals surface area contributed by atoms with Gasteiger partial charge >= 0.3 is 0 Å². The Labute approximate surface area is 160 Å². The molecule has 1 N–H and O–H groups in total. The van der Waals surface area contributed by atoms with E-state index >= 15 is 0 Å². The topological polar surface area (TPSA) is 64.0 Å². The zero-order valence-electron chi connectivity index (χ0n) is 13.8. The fourth-order valence-corrected chi connectivity index (χ4v) is 4.37. The molecule has 1 heterocycles. The minimum Gasteiger partial charge on any atom is -0.279 e. The third kappa shape index (κ3) is 3.56. The van der Waals surface area contributed by atoms with E-state index in [4.69, 9.17) is 23.2 Å². The monoisotopic (exact) mass is 413 g/mol. The van der Waals surface area contributed by atoms with Crippen molar-refractivity contribution in [2.24, 2.45) is 0 Å². The van der Waals surface area contributed by atoms with Crippen molar-refractivity contribution in [3.8, 4) is 5.69 Å². The Morgan fingerprint density at radius 2 is 1.73 bits per heavy atom. The lowest BCUT2D eigenvalue weighted by molar-refractivity contribution is 0.599. The highest BCUT2D eigenvalue weighted by Gasteiger charge is 2.25. The molecule has 3 rings (SSSR count). The average molecular weight is 414 g/mol. The number of benzene rings is 2. The van der Waals surface area contributed by atoms with E-state index in [1.165, 1.54) is 16.8 Å². The quantitative estimate of drug-likeness (QED) is 0.671. The zero-order valence-corrected chi connectivity index (χ0v) is 16.1. The number of hydrogen-bond acceptors (Lipinski definition) is 3. The highest BCUT2D eigenvalue weighted by Crippen LogP contribution is 2.27. The summed E-state index contributed by atoms with van der Waals surface area (Å²) in [5.41, 5.74) is 1.61. The zero-order chi connectivity index (χ0) is 19.1. The van der Waals surface area contributed by atoms with Gasteiger partial charge in [-0.2, -0.15) is 5.10 Å². The molecule has 26 heavy (non-hydrogen) atoms. The van der Waals surface area contributed by atoms with Crippen LogP contribution in [0.1, 0.15) is 11.4 Å². The van der Waals surface area contributed by atoms with Gasteiger partial charge in [0, 0.05) is 5.02 Å².